The van der Waals surface area contributed by atoms with Gasteiger partial charge in [0.2, 0.25) is 0 Å². The number of para-hydroxylation sites is 1. The number of ether oxygens (including phenoxy) is 1. The number of phenols is 1. The number of aryl methyl sites for hydroxylation is 1. The van der Waals surface area contributed by atoms with Gasteiger partial charge in [0.25, 0.3) is 5.91 Å². The molecule has 0 aliphatic carbocycles. The molecule has 140 valence electrons. The van der Waals surface area contributed by atoms with Gasteiger partial charge in [-0.05, 0) is 48.7 Å². The maximum atomic E-state index is 12.5. The van der Waals surface area contributed by atoms with Crippen LogP contribution in [-0.2, 0) is 16.0 Å². The third-order valence-electron chi connectivity index (χ3n) is 4.25. The molecule has 0 unspecified atom stereocenters. The van der Waals surface area contributed by atoms with Crippen molar-refractivity contribution in [1.82, 2.24) is 4.98 Å². The summed E-state index contributed by atoms with van der Waals surface area (Å²) in [6.07, 6.45) is 1.31. The highest BCUT2D eigenvalue weighted by molar-refractivity contribution is 6.31. The average Bonchev–Trinajstić information content (AvgIpc) is 3.07. The van der Waals surface area contributed by atoms with Gasteiger partial charge in [-0.1, -0.05) is 23.7 Å². The number of phenolic OH excluding ortho intramolecular Hbond substituents is 1. The number of anilines is 1. The standard InChI is InChI=1S/C20H19ClN2O4/c1-27-18(24)7-3-5-12-4-2-6-16(19(12)25)23-20(26)17-11-13-10-14(21)8-9-15(13)22-17/h2,4,6,8-11,22,25H,3,5,7H2,1H3,(H,23,26). The van der Waals surface area contributed by atoms with Gasteiger partial charge in [0.15, 0.2) is 0 Å². The topological polar surface area (TPSA) is 91.4 Å². The second kappa shape index (κ2) is 8.14. The first-order valence-electron chi connectivity index (χ1n) is 8.45. The number of amides is 1. The van der Waals surface area contributed by atoms with Crippen LogP contribution in [-0.4, -0.2) is 29.1 Å². The minimum atomic E-state index is -0.371. The third kappa shape index (κ3) is 4.41. The highest BCUT2D eigenvalue weighted by atomic mass is 35.5. The number of rotatable bonds is 6. The zero-order chi connectivity index (χ0) is 19.4. The summed E-state index contributed by atoms with van der Waals surface area (Å²) in [5, 5.41) is 14.5. The molecule has 27 heavy (non-hydrogen) atoms. The van der Waals surface area contributed by atoms with Crippen molar-refractivity contribution >= 4 is 40.1 Å². The first-order chi connectivity index (χ1) is 13.0. The number of hydrogen-bond donors (Lipinski definition) is 3. The summed E-state index contributed by atoms with van der Waals surface area (Å²) in [6.45, 7) is 0. The molecule has 6 nitrogen and oxygen atoms in total. The zero-order valence-electron chi connectivity index (χ0n) is 14.7. The van der Waals surface area contributed by atoms with Crippen LogP contribution in [0.3, 0.4) is 0 Å². The molecule has 0 fully saturated rings. The summed E-state index contributed by atoms with van der Waals surface area (Å²) in [4.78, 5) is 26.8. The van der Waals surface area contributed by atoms with Crippen LogP contribution in [0.15, 0.2) is 42.5 Å². The molecule has 0 bridgehead atoms. The number of H-pyrrole nitrogens is 1. The van der Waals surface area contributed by atoms with Crippen molar-refractivity contribution in [1.29, 1.82) is 0 Å². The summed E-state index contributed by atoms with van der Waals surface area (Å²) in [6, 6.07) is 12.1. The van der Waals surface area contributed by atoms with Crippen molar-refractivity contribution in [2.45, 2.75) is 19.3 Å². The van der Waals surface area contributed by atoms with Crippen LogP contribution < -0.4 is 5.32 Å². The molecule has 0 spiro atoms. The molecule has 1 aromatic heterocycles. The van der Waals surface area contributed by atoms with E-state index in [-0.39, 0.29) is 24.0 Å². The van der Waals surface area contributed by atoms with Crippen molar-refractivity contribution in [3.8, 4) is 5.75 Å². The van der Waals surface area contributed by atoms with Crippen LogP contribution in [0.5, 0.6) is 5.75 Å². The number of aromatic nitrogens is 1. The molecule has 0 atom stereocenters. The molecule has 2 aromatic carbocycles. The van der Waals surface area contributed by atoms with E-state index in [9.17, 15) is 14.7 Å². The smallest absolute Gasteiger partial charge is 0.305 e. The number of halogens is 1. The van der Waals surface area contributed by atoms with E-state index in [0.29, 0.717) is 34.8 Å². The molecule has 7 heteroatoms. The molecule has 0 aliphatic heterocycles. The normalized spacial score (nSPS) is 10.7. The largest absolute Gasteiger partial charge is 0.505 e. The fraction of sp³-hybridized carbons (Fsp3) is 0.200. The van der Waals surface area contributed by atoms with E-state index in [2.05, 4.69) is 15.0 Å². The van der Waals surface area contributed by atoms with Gasteiger partial charge in [0.05, 0.1) is 12.8 Å². The summed E-state index contributed by atoms with van der Waals surface area (Å²) in [5.41, 5.74) is 2.13. The Balaban J connectivity index is 1.73. The number of carbonyl (C=O) groups is 2. The fourth-order valence-corrected chi connectivity index (χ4v) is 3.02. The molecule has 3 N–H and O–H groups in total. The average molecular weight is 387 g/mol. The van der Waals surface area contributed by atoms with Crippen LogP contribution in [0.25, 0.3) is 10.9 Å². The van der Waals surface area contributed by atoms with Gasteiger partial charge in [0, 0.05) is 22.3 Å². The first-order valence-corrected chi connectivity index (χ1v) is 8.83. The summed E-state index contributed by atoms with van der Waals surface area (Å²) >= 11 is 5.97. The van der Waals surface area contributed by atoms with Crippen LogP contribution in [0, 0.1) is 0 Å². The van der Waals surface area contributed by atoms with E-state index in [1.54, 1.807) is 42.5 Å². The number of nitrogens with one attached hydrogen (secondary N) is 2. The molecule has 0 saturated carbocycles. The Labute approximate surface area is 161 Å². The molecule has 3 rings (SSSR count). The summed E-state index contributed by atoms with van der Waals surface area (Å²) < 4.78 is 4.61. The number of esters is 1. The molecule has 0 radical (unpaired) electrons. The zero-order valence-corrected chi connectivity index (χ0v) is 15.5. The van der Waals surface area contributed by atoms with Crippen LogP contribution in [0.4, 0.5) is 5.69 Å². The van der Waals surface area contributed by atoms with Crippen molar-refractivity contribution in [3.05, 3.63) is 58.7 Å². The van der Waals surface area contributed by atoms with Crippen LogP contribution >= 0.6 is 11.6 Å². The van der Waals surface area contributed by atoms with E-state index < -0.39 is 0 Å². The predicted molar refractivity (Wildman–Crippen MR) is 104 cm³/mol. The molecule has 0 saturated heterocycles. The van der Waals surface area contributed by atoms with Crippen molar-refractivity contribution in [2.75, 3.05) is 12.4 Å². The lowest BCUT2D eigenvalue weighted by molar-refractivity contribution is -0.140. The fourth-order valence-electron chi connectivity index (χ4n) is 2.83. The molecule has 3 aromatic rings. The number of hydrogen-bond acceptors (Lipinski definition) is 4. The van der Waals surface area contributed by atoms with Gasteiger partial charge < -0.3 is 20.1 Å². The molecule has 1 amide bonds. The Morgan fingerprint density at radius 1 is 1.22 bits per heavy atom. The molecule has 1 heterocycles. The number of aromatic hydroxyl groups is 1. The third-order valence-corrected chi connectivity index (χ3v) is 4.48. The number of carbonyl (C=O) groups excluding carboxylic acids is 2. The van der Waals surface area contributed by atoms with E-state index in [4.69, 9.17) is 11.6 Å². The maximum absolute atomic E-state index is 12.5. The monoisotopic (exact) mass is 386 g/mol. The minimum Gasteiger partial charge on any atom is -0.505 e. The highest BCUT2D eigenvalue weighted by Crippen LogP contribution is 2.29. The lowest BCUT2D eigenvalue weighted by Gasteiger charge is -2.10. The molecular formula is C20H19ClN2O4. The van der Waals surface area contributed by atoms with E-state index in [1.165, 1.54) is 7.11 Å². The van der Waals surface area contributed by atoms with Crippen molar-refractivity contribution in [3.63, 3.8) is 0 Å². The van der Waals surface area contributed by atoms with E-state index >= 15 is 0 Å². The Morgan fingerprint density at radius 3 is 2.81 bits per heavy atom. The number of methoxy groups -OCH3 is 1. The number of aromatic amines is 1. The van der Waals surface area contributed by atoms with Gasteiger partial charge in [-0.2, -0.15) is 0 Å². The van der Waals surface area contributed by atoms with Crippen LogP contribution in [0.1, 0.15) is 28.9 Å². The number of fused-ring (bicyclic) bond motifs is 1. The summed E-state index contributed by atoms with van der Waals surface area (Å²) in [7, 11) is 1.34. The van der Waals surface area contributed by atoms with Gasteiger partial charge in [-0.25, -0.2) is 0 Å². The lowest BCUT2D eigenvalue weighted by atomic mass is 10.1. The SMILES string of the molecule is COC(=O)CCCc1cccc(NC(=O)c2cc3cc(Cl)ccc3[nH]2)c1O. The van der Waals surface area contributed by atoms with Gasteiger partial charge in [-0.3, -0.25) is 9.59 Å². The van der Waals surface area contributed by atoms with Crippen molar-refractivity contribution in [2.24, 2.45) is 0 Å². The van der Waals surface area contributed by atoms with Crippen LogP contribution in [0.2, 0.25) is 5.02 Å². The second-order valence-electron chi connectivity index (χ2n) is 6.11. The highest BCUT2D eigenvalue weighted by Gasteiger charge is 2.14. The second-order valence-corrected chi connectivity index (χ2v) is 6.55. The van der Waals surface area contributed by atoms with Gasteiger partial charge in [-0.15, -0.1) is 0 Å². The summed E-state index contributed by atoms with van der Waals surface area (Å²) in [5.74, 6) is -0.669. The van der Waals surface area contributed by atoms with E-state index in [1.807, 2.05) is 0 Å². The number of benzene rings is 2. The minimum absolute atomic E-state index is 0.00475. The van der Waals surface area contributed by atoms with Crippen molar-refractivity contribution < 1.29 is 19.4 Å². The maximum Gasteiger partial charge on any atom is 0.305 e. The Bertz CT molecular complexity index is 997. The van der Waals surface area contributed by atoms with E-state index in [0.717, 1.165) is 10.9 Å². The Hall–Kier alpha value is -2.99. The Morgan fingerprint density at radius 2 is 2.04 bits per heavy atom. The Kier molecular flexibility index (Phi) is 5.66. The molecule has 0 aliphatic rings. The van der Waals surface area contributed by atoms with Gasteiger partial charge >= 0.3 is 5.97 Å². The lowest BCUT2D eigenvalue weighted by Crippen LogP contribution is -2.12. The quantitative estimate of drug-likeness (QED) is 0.435. The first kappa shape index (κ1) is 18.8. The predicted octanol–water partition coefficient (Wildman–Crippen LogP) is 4.27. The van der Waals surface area contributed by atoms with Gasteiger partial charge in [0.1, 0.15) is 11.4 Å². The molecular weight excluding hydrogens is 368 g/mol.